The summed E-state index contributed by atoms with van der Waals surface area (Å²) < 4.78 is 0. The summed E-state index contributed by atoms with van der Waals surface area (Å²) in [6.07, 6.45) is 25.7. The molecule has 5 heterocycles. The molecule has 0 aromatic heterocycles. The summed E-state index contributed by atoms with van der Waals surface area (Å²) >= 11 is 0. The average Bonchev–Trinajstić information content (AvgIpc) is 3.58. The number of rotatable bonds is 1. The van der Waals surface area contributed by atoms with Crippen molar-refractivity contribution in [2.24, 2.45) is 20.0 Å². The van der Waals surface area contributed by atoms with Gasteiger partial charge in [0.15, 0.2) is 0 Å². The van der Waals surface area contributed by atoms with E-state index >= 15 is 0 Å². The van der Waals surface area contributed by atoms with Crippen LogP contribution in [0.25, 0.3) is 5.57 Å². The minimum absolute atomic E-state index is 0.724. The average molecular weight is 408 g/mol. The minimum atomic E-state index is 0.724. The summed E-state index contributed by atoms with van der Waals surface area (Å²) in [7, 11) is 0. The van der Waals surface area contributed by atoms with Gasteiger partial charge >= 0.3 is 0 Å². The van der Waals surface area contributed by atoms with Crippen molar-refractivity contribution in [1.29, 1.82) is 0 Å². The van der Waals surface area contributed by atoms with Crippen LogP contribution in [0.5, 0.6) is 0 Å². The molecular formula is C28H16N4. The van der Waals surface area contributed by atoms with E-state index in [9.17, 15) is 0 Å². The molecule has 0 spiro atoms. The first-order valence-electron chi connectivity index (χ1n) is 10.3. The molecule has 0 saturated heterocycles. The van der Waals surface area contributed by atoms with Crippen LogP contribution in [0.3, 0.4) is 0 Å². The molecule has 148 valence electrons. The molecule has 4 nitrogen and oxygen atoms in total. The highest BCUT2D eigenvalue weighted by Gasteiger charge is 2.24. The predicted molar refractivity (Wildman–Crippen MR) is 132 cm³/mol. The molecule has 0 atom stereocenters. The Balaban J connectivity index is 1.57. The maximum absolute atomic E-state index is 5.98. The molecule has 5 aliphatic rings. The summed E-state index contributed by atoms with van der Waals surface area (Å²) in [6, 6.07) is 10.1. The zero-order valence-corrected chi connectivity index (χ0v) is 17.0. The molecule has 4 heteroatoms. The number of benzene rings is 1. The van der Waals surface area contributed by atoms with Crippen molar-refractivity contribution >= 4 is 28.4 Å². The number of nitrogens with zero attached hydrogens (tertiary/aromatic N) is 4. The van der Waals surface area contributed by atoms with Crippen molar-refractivity contribution in [3.63, 3.8) is 0 Å². The van der Waals surface area contributed by atoms with Gasteiger partial charge in [0, 0.05) is 5.57 Å². The standard InChI is InChI=1S/C28H16N4/c1-2-25-26-16-23-12-10-21(30-23)14-19-8-9-20(29-19)15-22-11-13-24(31-22)17-27(32-26)28(25)18-6-4-3-5-7-18/h1,3-17H. The second-order valence-electron chi connectivity index (χ2n) is 7.60. The van der Waals surface area contributed by atoms with E-state index in [-0.39, 0.29) is 0 Å². The lowest BCUT2D eigenvalue weighted by atomic mass is 9.96. The summed E-state index contributed by atoms with van der Waals surface area (Å²) in [6.45, 7) is 0. The largest absolute Gasteiger partial charge is 0.249 e. The molecule has 0 aliphatic carbocycles. The van der Waals surface area contributed by atoms with Crippen LogP contribution in [0.2, 0.25) is 0 Å². The van der Waals surface area contributed by atoms with Crippen molar-refractivity contribution in [3.05, 3.63) is 125 Å². The highest BCUT2D eigenvalue weighted by molar-refractivity contribution is 6.34. The van der Waals surface area contributed by atoms with Crippen molar-refractivity contribution in [1.82, 2.24) is 0 Å². The predicted octanol–water partition coefficient (Wildman–Crippen LogP) is 5.11. The lowest BCUT2D eigenvalue weighted by Gasteiger charge is -2.05. The number of aliphatic imine (C=N–C) groups is 4. The quantitative estimate of drug-likeness (QED) is 0.580. The van der Waals surface area contributed by atoms with Crippen molar-refractivity contribution in [2.45, 2.75) is 0 Å². The van der Waals surface area contributed by atoms with E-state index in [1.165, 1.54) is 0 Å². The molecule has 0 fully saturated rings. The van der Waals surface area contributed by atoms with Crippen LogP contribution in [-0.2, 0) is 0 Å². The van der Waals surface area contributed by atoms with E-state index in [2.05, 4.69) is 10.9 Å². The lowest BCUT2D eigenvalue weighted by Crippen LogP contribution is -1.97. The fraction of sp³-hybridized carbons (Fsp3) is 0. The third-order valence-electron chi connectivity index (χ3n) is 5.42. The van der Waals surface area contributed by atoms with Crippen LogP contribution in [0, 0.1) is 12.3 Å². The Bertz CT molecular complexity index is 1480. The van der Waals surface area contributed by atoms with Gasteiger partial charge in [0.1, 0.15) is 0 Å². The third-order valence-corrected chi connectivity index (χ3v) is 5.42. The molecular weight excluding hydrogens is 392 g/mol. The maximum atomic E-state index is 5.98. The molecule has 0 saturated carbocycles. The Morgan fingerprint density at radius 2 is 1.16 bits per heavy atom. The molecule has 5 aliphatic heterocycles. The SMILES string of the molecule is C#CC1=C(c2ccccc2)C2=NC1=CC1=NC(=CC3=NC(=CC4=NC(=C2)C=C4)C=C3)C=C1. The Kier molecular flexibility index (Phi) is 4.12. The smallest absolute Gasteiger partial charge is 0.0822 e. The number of terminal acetylenes is 1. The molecule has 0 unspecified atom stereocenters. The minimum Gasteiger partial charge on any atom is -0.249 e. The molecule has 0 N–H and O–H groups in total. The van der Waals surface area contributed by atoms with E-state index in [1.807, 2.05) is 91.1 Å². The molecule has 1 aromatic rings. The Hall–Kier alpha value is -4.62. The first-order chi connectivity index (χ1) is 15.7. The van der Waals surface area contributed by atoms with Crippen molar-refractivity contribution < 1.29 is 0 Å². The van der Waals surface area contributed by atoms with Crippen LogP contribution in [0.4, 0.5) is 0 Å². The zero-order valence-electron chi connectivity index (χ0n) is 17.0. The van der Waals surface area contributed by atoms with Gasteiger partial charge in [0.2, 0.25) is 0 Å². The summed E-state index contributed by atoms with van der Waals surface area (Å²) in [5.41, 5.74) is 9.24. The van der Waals surface area contributed by atoms with Gasteiger partial charge in [-0.3, -0.25) is 0 Å². The molecule has 32 heavy (non-hydrogen) atoms. The van der Waals surface area contributed by atoms with E-state index in [1.54, 1.807) is 0 Å². The molecule has 0 amide bonds. The number of allylic oxidation sites excluding steroid dienone is 12. The summed E-state index contributed by atoms with van der Waals surface area (Å²) in [4.78, 5) is 19.0. The van der Waals surface area contributed by atoms with E-state index < -0.39 is 0 Å². The van der Waals surface area contributed by atoms with Gasteiger partial charge in [-0.2, -0.15) is 0 Å². The number of hydrogen-bond acceptors (Lipinski definition) is 4. The first-order valence-corrected chi connectivity index (χ1v) is 10.3. The van der Waals surface area contributed by atoms with Crippen LogP contribution in [0.1, 0.15) is 5.56 Å². The van der Waals surface area contributed by atoms with Crippen LogP contribution < -0.4 is 0 Å². The Morgan fingerprint density at radius 3 is 1.75 bits per heavy atom. The topological polar surface area (TPSA) is 49.4 Å². The number of hydrogen-bond donors (Lipinski definition) is 0. The molecule has 1 aromatic carbocycles. The van der Waals surface area contributed by atoms with Crippen molar-refractivity contribution in [2.75, 3.05) is 0 Å². The summed E-state index contributed by atoms with van der Waals surface area (Å²) in [5, 5.41) is 0. The van der Waals surface area contributed by atoms with E-state index in [4.69, 9.17) is 21.4 Å². The molecule has 0 radical (unpaired) electrons. The zero-order chi connectivity index (χ0) is 21.5. The van der Waals surface area contributed by atoms with E-state index in [0.717, 1.165) is 62.3 Å². The fourth-order valence-corrected chi connectivity index (χ4v) is 4.00. The van der Waals surface area contributed by atoms with Gasteiger partial charge in [-0.05, 0) is 66.3 Å². The normalized spacial score (nSPS) is 20.2. The van der Waals surface area contributed by atoms with Crippen molar-refractivity contribution in [3.8, 4) is 12.3 Å². The lowest BCUT2D eigenvalue weighted by molar-refractivity contribution is 1.40. The first kappa shape index (κ1) is 18.2. The van der Waals surface area contributed by atoms with Gasteiger partial charge in [-0.25, -0.2) is 20.0 Å². The van der Waals surface area contributed by atoms with E-state index in [0.29, 0.717) is 0 Å². The van der Waals surface area contributed by atoms with Crippen LogP contribution >= 0.6 is 0 Å². The van der Waals surface area contributed by atoms with Gasteiger partial charge in [-0.15, -0.1) is 6.42 Å². The van der Waals surface area contributed by atoms with Gasteiger partial charge in [0.25, 0.3) is 0 Å². The highest BCUT2D eigenvalue weighted by atomic mass is 14.8. The molecule has 8 bridgehead atoms. The Morgan fingerprint density at radius 1 is 0.594 bits per heavy atom. The van der Waals surface area contributed by atoms with Crippen LogP contribution in [-0.4, -0.2) is 22.8 Å². The van der Waals surface area contributed by atoms with Crippen LogP contribution in [0.15, 0.2) is 139 Å². The fourth-order valence-electron chi connectivity index (χ4n) is 4.00. The van der Waals surface area contributed by atoms with Gasteiger partial charge in [-0.1, -0.05) is 36.3 Å². The third kappa shape index (κ3) is 3.23. The second-order valence-corrected chi connectivity index (χ2v) is 7.60. The summed E-state index contributed by atoms with van der Waals surface area (Å²) in [5.74, 6) is 2.86. The Labute approximate surface area is 185 Å². The van der Waals surface area contributed by atoms with Gasteiger partial charge < -0.3 is 0 Å². The molecule has 6 rings (SSSR count). The second kappa shape index (κ2) is 7.26. The number of fused-ring (bicyclic) bond motifs is 4. The maximum Gasteiger partial charge on any atom is 0.0822 e. The monoisotopic (exact) mass is 408 g/mol. The highest BCUT2D eigenvalue weighted by Crippen LogP contribution is 2.34. The van der Waals surface area contributed by atoms with Gasteiger partial charge in [0.05, 0.1) is 51.2 Å².